The van der Waals surface area contributed by atoms with Crippen molar-refractivity contribution in [3.05, 3.63) is 32.9 Å². The third-order valence-electron chi connectivity index (χ3n) is 2.25. The quantitative estimate of drug-likeness (QED) is 0.419. The Kier molecular flexibility index (Phi) is 2.90. The van der Waals surface area contributed by atoms with Gasteiger partial charge in [-0.1, -0.05) is 0 Å². The van der Waals surface area contributed by atoms with Gasteiger partial charge in [-0.15, -0.1) is 0 Å². The first-order chi connectivity index (χ1) is 6.49. The molecule has 4 nitrogen and oxygen atoms in total. The molecule has 1 aromatic carbocycles. The molecule has 0 aliphatic carbocycles. The Morgan fingerprint density at radius 3 is 2.36 bits per heavy atom. The molecule has 1 rings (SSSR count). The van der Waals surface area contributed by atoms with Crippen molar-refractivity contribution in [1.29, 1.82) is 0 Å². The zero-order valence-electron chi connectivity index (χ0n) is 8.75. The fourth-order valence-corrected chi connectivity index (χ4v) is 2.38. The predicted molar refractivity (Wildman–Crippen MR) is 57.9 cm³/mol. The normalized spacial score (nSPS) is 10.2. The molecule has 0 unspecified atom stereocenters. The number of nitrogens with zero attached hydrogens (tertiary/aromatic N) is 1. The average Bonchev–Trinajstić information content (AvgIpc) is 2.02. The van der Waals surface area contributed by atoms with Crippen molar-refractivity contribution in [2.45, 2.75) is 20.8 Å². The lowest BCUT2D eigenvalue weighted by atomic mass is 10.0. The number of aryl methyl sites for hydroxylation is 2. The van der Waals surface area contributed by atoms with Crippen LogP contribution in [0.15, 0.2) is 6.07 Å². The largest absolute Gasteiger partial charge is 0.553 e. The molecule has 0 heterocycles. The Bertz CT molecular complexity index is 390. The molecule has 1 aromatic rings. The highest BCUT2D eigenvalue weighted by molar-refractivity contribution is 6.00. The first kappa shape index (κ1) is 10.7. The summed E-state index contributed by atoms with van der Waals surface area (Å²) in [6.45, 7) is 5.37. The Balaban J connectivity index is 3.52. The number of nitro benzene ring substituents is 1. The van der Waals surface area contributed by atoms with E-state index in [9.17, 15) is 10.1 Å². The number of hydrogen-bond acceptors (Lipinski definition) is 3. The van der Waals surface area contributed by atoms with E-state index in [1.165, 1.54) is 0 Å². The fourth-order valence-electron chi connectivity index (χ4n) is 1.75. The molecule has 0 saturated carbocycles. The van der Waals surface area contributed by atoms with Crippen molar-refractivity contribution in [3.63, 3.8) is 0 Å². The highest BCUT2D eigenvalue weighted by Crippen LogP contribution is 2.33. The Labute approximate surface area is 85.6 Å². The van der Waals surface area contributed by atoms with Crippen LogP contribution in [0, 0.1) is 30.9 Å². The van der Waals surface area contributed by atoms with E-state index in [1.807, 2.05) is 6.92 Å². The van der Waals surface area contributed by atoms with Gasteiger partial charge in [0.1, 0.15) is 5.75 Å². The van der Waals surface area contributed by atoms with Crippen molar-refractivity contribution in [1.82, 2.24) is 0 Å². The molecule has 0 amide bonds. The van der Waals surface area contributed by atoms with Crippen molar-refractivity contribution in [3.8, 4) is 5.75 Å². The van der Waals surface area contributed by atoms with Crippen molar-refractivity contribution in [2.75, 3.05) is 0 Å². The molecule has 14 heavy (non-hydrogen) atoms. The summed E-state index contributed by atoms with van der Waals surface area (Å²) in [7, 11) is 0.543. The van der Waals surface area contributed by atoms with Gasteiger partial charge in [-0.3, -0.25) is 10.1 Å². The molecular weight excluding hydrogens is 198 g/mol. The van der Waals surface area contributed by atoms with Crippen LogP contribution in [0.4, 0.5) is 5.69 Å². The average molecular weight is 211 g/mol. The van der Waals surface area contributed by atoms with Gasteiger partial charge in [-0.2, -0.15) is 0 Å². The van der Waals surface area contributed by atoms with Crippen LogP contribution in [0.1, 0.15) is 16.7 Å². The van der Waals surface area contributed by atoms with Crippen LogP contribution in [0.3, 0.4) is 0 Å². The molecule has 0 atom stereocenters. The highest BCUT2D eigenvalue weighted by atomic mass is 28.2. The molecule has 0 aliphatic heterocycles. The van der Waals surface area contributed by atoms with Gasteiger partial charge >= 0.3 is 0 Å². The molecule has 0 radical (unpaired) electrons. The summed E-state index contributed by atoms with van der Waals surface area (Å²) in [5.74, 6) is 0.661. The van der Waals surface area contributed by atoms with Gasteiger partial charge in [0.15, 0.2) is 0 Å². The zero-order chi connectivity index (χ0) is 10.9. The second-order valence-electron chi connectivity index (χ2n) is 3.27. The SMILES string of the molecule is Cc1cc(C)c([N+](=O)[O-])c(C)c1O[SiH3]. The molecule has 0 aromatic heterocycles. The summed E-state index contributed by atoms with van der Waals surface area (Å²) in [4.78, 5) is 10.4. The molecule has 0 saturated heterocycles. The van der Waals surface area contributed by atoms with E-state index >= 15 is 0 Å². The summed E-state index contributed by atoms with van der Waals surface area (Å²) in [6, 6.07) is 1.79. The number of nitro groups is 1. The molecule has 76 valence electrons. The molecular formula is C9H13NO3Si. The number of rotatable bonds is 2. The van der Waals surface area contributed by atoms with Crippen LogP contribution in [-0.2, 0) is 0 Å². The molecule has 0 N–H and O–H groups in total. The summed E-state index contributed by atoms with van der Waals surface area (Å²) < 4.78 is 5.26. The van der Waals surface area contributed by atoms with Crippen LogP contribution in [0.25, 0.3) is 0 Å². The zero-order valence-corrected chi connectivity index (χ0v) is 10.7. The third kappa shape index (κ3) is 1.63. The van der Waals surface area contributed by atoms with E-state index in [0.717, 1.165) is 5.56 Å². The Morgan fingerprint density at radius 1 is 1.36 bits per heavy atom. The van der Waals surface area contributed by atoms with Gasteiger partial charge in [0.25, 0.3) is 5.69 Å². The van der Waals surface area contributed by atoms with Gasteiger partial charge in [-0.25, -0.2) is 0 Å². The molecule has 0 fully saturated rings. The predicted octanol–water partition coefficient (Wildman–Crippen LogP) is 1.18. The van der Waals surface area contributed by atoms with Gasteiger partial charge in [0.05, 0.1) is 10.5 Å². The summed E-state index contributed by atoms with van der Waals surface area (Å²) in [6.07, 6.45) is 0. The maximum Gasteiger partial charge on any atom is 0.278 e. The standard InChI is InChI=1S/C9H13NO3Si/c1-5-4-6(2)9(13-14)7(3)8(5)10(11)12/h4H,1-3,14H3. The minimum Gasteiger partial charge on any atom is -0.553 e. The topological polar surface area (TPSA) is 52.4 Å². The monoisotopic (exact) mass is 211 g/mol. The first-order valence-electron chi connectivity index (χ1n) is 4.28. The molecule has 5 heteroatoms. The van der Waals surface area contributed by atoms with Crippen molar-refractivity contribution in [2.24, 2.45) is 0 Å². The van der Waals surface area contributed by atoms with Crippen LogP contribution in [0.2, 0.25) is 0 Å². The summed E-state index contributed by atoms with van der Waals surface area (Å²) in [5.41, 5.74) is 2.44. The summed E-state index contributed by atoms with van der Waals surface area (Å²) >= 11 is 0. The van der Waals surface area contributed by atoms with Gasteiger partial charge < -0.3 is 4.43 Å². The maximum atomic E-state index is 10.8. The minimum absolute atomic E-state index is 0.168. The van der Waals surface area contributed by atoms with Crippen LogP contribution < -0.4 is 4.43 Å². The minimum atomic E-state index is -0.353. The van der Waals surface area contributed by atoms with Gasteiger partial charge in [0, 0.05) is 5.56 Å². The van der Waals surface area contributed by atoms with Crippen molar-refractivity contribution < 1.29 is 9.35 Å². The second kappa shape index (κ2) is 3.79. The first-order valence-corrected chi connectivity index (χ1v) is 5.09. The maximum absolute atomic E-state index is 10.8. The smallest absolute Gasteiger partial charge is 0.278 e. The second-order valence-corrected chi connectivity index (χ2v) is 3.68. The lowest BCUT2D eigenvalue weighted by Crippen LogP contribution is -2.00. The number of hydrogen-bond donors (Lipinski definition) is 0. The van der Waals surface area contributed by atoms with Crippen molar-refractivity contribution >= 4 is 16.2 Å². The van der Waals surface area contributed by atoms with E-state index in [4.69, 9.17) is 4.43 Å². The third-order valence-corrected chi connectivity index (χ3v) is 2.66. The molecule has 0 spiro atoms. The van der Waals surface area contributed by atoms with Gasteiger partial charge in [-0.05, 0) is 32.4 Å². The molecule has 0 bridgehead atoms. The Hall–Kier alpha value is -1.36. The fraction of sp³-hybridized carbons (Fsp3) is 0.333. The lowest BCUT2D eigenvalue weighted by Gasteiger charge is -2.11. The van der Waals surface area contributed by atoms with Gasteiger partial charge in [0.2, 0.25) is 10.5 Å². The lowest BCUT2D eigenvalue weighted by molar-refractivity contribution is -0.386. The van der Waals surface area contributed by atoms with E-state index in [1.54, 1.807) is 19.9 Å². The Morgan fingerprint density at radius 2 is 1.93 bits per heavy atom. The van der Waals surface area contributed by atoms with Crippen LogP contribution in [-0.4, -0.2) is 15.4 Å². The molecule has 0 aliphatic rings. The van der Waals surface area contributed by atoms with E-state index in [0.29, 0.717) is 27.4 Å². The van der Waals surface area contributed by atoms with E-state index in [2.05, 4.69) is 0 Å². The highest BCUT2D eigenvalue weighted by Gasteiger charge is 2.19. The van der Waals surface area contributed by atoms with E-state index in [-0.39, 0.29) is 10.6 Å². The van der Waals surface area contributed by atoms with Crippen LogP contribution >= 0.6 is 0 Å². The summed E-state index contributed by atoms with van der Waals surface area (Å²) in [5, 5.41) is 10.8. The van der Waals surface area contributed by atoms with Crippen LogP contribution in [0.5, 0.6) is 5.75 Å². The number of benzene rings is 1. The van der Waals surface area contributed by atoms with E-state index < -0.39 is 0 Å².